The standard InChI is InChI=1S/C24H27N3O7S/c1-13(24(29)30)25-12-21(28)27-17-8-14(6-7-18(17)31-2)16-11-26-35-23(16)15-9-19(32-3)22(34-5)20(10-15)33-4/h6-11,13,25H,12H2,1-5H3,(H,27,28)(H,29,30). The molecule has 11 heteroatoms. The lowest BCUT2D eigenvalue weighted by Gasteiger charge is -2.15. The molecule has 0 fully saturated rings. The molecule has 3 rings (SSSR count). The number of aromatic nitrogens is 1. The summed E-state index contributed by atoms with van der Waals surface area (Å²) in [5.41, 5.74) is 2.90. The molecule has 1 unspecified atom stereocenters. The third-order valence-corrected chi connectivity index (χ3v) is 6.07. The number of benzene rings is 2. The van der Waals surface area contributed by atoms with Gasteiger partial charge in [-0.2, -0.15) is 4.37 Å². The Labute approximate surface area is 207 Å². The largest absolute Gasteiger partial charge is 0.495 e. The van der Waals surface area contributed by atoms with E-state index in [0.717, 1.165) is 21.6 Å². The monoisotopic (exact) mass is 501 g/mol. The number of nitrogens with zero attached hydrogens (tertiary/aromatic N) is 1. The van der Waals surface area contributed by atoms with Gasteiger partial charge in [-0.25, -0.2) is 0 Å². The molecule has 0 spiro atoms. The molecular weight excluding hydrogens is 474 g/mol. The van der Waals surface area contributed by atoms with Crippen molar-refractivity contribution in [3.63, 3.8) is 0 Å². The topological polar surface area (TPSA) is 128 Å². The van der Waals surface area contributed by atoms with Crippen LogP contribution in [0.2, 0.25) is 0 Å². The number of ether oxygens (including phenoxy) is 4. The van der Waals surface area contributed by atoms with Crippen molar-refractivity contribution in [2.45, 2.75) is 13.0 Å². The van der Waals surface area contributed by atoms with Crippen molar-refractivity contribution >= 4 is 29.1 Å². The van der Waals surface area contributed by atoms with Crippen LogP contribution in [-0.2, 0) is 9.59 Å². The molecule has 1 amide bonds. The highest BCUT2D eigenvalue weighted by atomic mass is 32.1. The number of rotatable bonds is 11. The predicted molar refractivity (Wildman–Crippen MR) is 133 cm³/mol. The molecule has 1 aromatic heterocycles. The van der Waals surface area contributed by atoms with Crippen LogP contribution in [0.15, 0.2) is 36.5 Å². The van der Waals surface area contributed by atoms with Crippen molar-refractivity contribution in [2.24, 2.45) is 0 Å². The van der Waals surface area contributed by atoms with Gasteiger partial charge in [0.15, 0.2) is 11.5 Å². The molecule has 2 aromatic carbocycles. The fourth-order valence-corrected chi connectivity index (χ4v) is 4.12. The van der Waals surface area contributed by atoms with Crippen LogP contribution < -0.4 is 29.6 Å². The summed E-state index contributed by atoms with van der Waals surface area (Å²) < 4.78 is 26.1. The average Bonchev–Trinajstić information content (AvgIpc) is 3.36. The van der Waals surface area contributed by atoms with Crippen LogP contribution in [0.1, 0.15) is 6.92 Å². The maximum absolute atomic E-state index is 12.4. The van der Waals surface area contributed by atoms with E-state index in [1.165, 1.54) is 25.6 Å². The number of amides is 1. The van der Waals surface area contributed by atoms with Crippen LogP contribution in [0.4, 0.5) is 5.69 Å². The first-order valence-corrected chi connectivity index (χ1v) is 11.3. The number of anilines is 1. The molecule has 35 heavy (non-hydrogen) atoms. The van der Waals surface area contributed by atoms with Crippen LogP contribution in [-0.4, -0.2) is 62.4 Å². The van der Waals surface area contributed by atoms with Crippen molar-refractivity contribution in [2.75, 3.05) is 40.3 Å². The molecule has 0 radical (unpaired) electrons. The molecule has 0 saturated carbocycles. The van der Waals surface area contributed by atoms with E-state index in [1.807, 2.05) is 18.2 Å². The average molecular weight is 502 g/mol. The van der Waals surface area contributed by atoms with E-state index in [2.05, 4.69) is 15.0 Å². The Morgan fingerprint density at radius 2 is 1.63 bits per heavy atom. The molecule has 0 aliphatic rings. The van der Waals surface area contributed by atoms with Gasteiger partial charge in [0.1, 0.15) is 11.8 Å². The van der Waals surface area contributed by atoms with Crippen LogP contribution in [0.5, 0.6) is 23.0 Å². The zero-order valence-corrected chi connectivity index (χ0v) is 20.8. The Morgan fingerprint density at radius 1 is 0.971 bits per heavy atom. The molecule has 0 aliphatic heterocycles. The summed E-state index contributed by atoms with van der Waals surface area (Å²) in [5, 5.41) is 14.4. The normalized spacial score (nSPS) is 11.5. The summed E-state index contributed by atoms with van der Waals surface area (Å²) in [5.74, 6) is 0.554. The van der Waals surface area contributed by atoms with Crippen molar-refractivity contribution < 1.29 is 33.6 Å². The molecule has 3 aromatic rings. The minimum absolute atomic E-state index is 0.169. The lowest BCUT2D eigenvalue weighted by atomic mass is 10.0. The highest BCUT2D eigenvalue weighted by Crippen LogP contribution is 2.45. The van der Waals surface area contributed by atoms with Crippen molar-refractivity contribution in [3.05, 3.63) is 36.5 Å². The summed E-state index contributed by atoms with van der Waals surface area (Å²) >= 11 is 1.31. The van der Waals surface area contributed by atoms with Gasteiger partial charge in [-0.05, 0) is 48.3 Å². The lowest BCUT2D eigenvalue weighted by molar-refractivity contribution is -0.139. The first kappa shape index (κ1) is 25.8. The number of carboxylic acid groups (broad SMARTS) is 1. The molecule has 1 atom stereocenters. The summed E-state index contributed by atoms with van der Waals surface area (Å²) in [6, 6.07) is 8.23. The fourth-order valence-electron chi connectivity index (χ4n) is 3.37. The number of carbonyl (C=O) groups excluding carboxylic acids is 1. The Morgan fingerprint density at radius 3 is 2.20 bits per heavy atom. The maximum Gasteiger partial charge on any atom is 0.320 e. The van der Waals surface area contributed by atoms with E-state index < -0.39 is 17.9 Å². The van der Waals surface area contributed by atoms with Crippen molar-refractivity contribution in [1.29, 1.82) is 0 Å². The molecule has 10 nitrogen and oxygen atoms in total. The number of carbonyl (C=O) groups is 2. The van der Waals surface area contributed by atoms with Crippen molar-refractivity contribution in [3.8, 4) is 44.6 Å². The SMILES string of the molecule is COc1ccc(-c2cnsc2-c2cc(OC)c(OC)c(OC)c2)cc1NC(=O)CNC(C)C(=O)O. The number of aliphatic carboxylic acids is 1. The van der Waals surface area contributed by atoms with Gasteiger partial charge in [0, 0.05) is 17.3 Å². The number of carboxylic acids is 1. The number of hydrogen-bond acceptors (Lipinski definition) is 9. The Kier molecular flexibility index (Phi) is 8.50. The van der Waals surface area contributed by atoms with E-state index in [-0.39, 0.29) is 6.54 Å². The first-order valence-electron chi connectivity index (χ1n) is 10.5. The summed E-state index contributed by atoms with van der Waals surface area (Å²) in [7, 11) is 6.16. The molecule has 1 heterocycles. The van der Waals surface area contributed by atoms with Gasteiger partial charge < -0.3 is 29.4 Å². The molecule has 3 N–H and O–H groups in total. The van der Waals surface area contributed by atoms with E-state index in [0.29, 0.717) is 28.7 Å². The van der Waals surface area contributed by atoms with Crippen LogP contribution >= 0.6 is 11.5 Å². The van der Waals surface area contributed by atoms with E-state index in [1.54, 1.807) is 39.7 Å². The molecular formula is C24H27N3O7S. The van der Waals surface area contributed by atoms with Gasteiger partial charge in [0.25, 0.3) is 0 Å². The summed E-state index contributed by atoms with van der Waals surface area (Å²) in [6.45, 7) is 1.29. The number of methoxy groups -OCH3 is 4. The molecule has 0 aliphatic carbocycles. The summed E-state index contributed by atoms with van der Waals surface area (Å²) in [4.78, 5) is 24.3. The maximum atomic E-state index is 12.4. The van der Waals surface area contributed by atoms with E-state index in [4.69, 9.17) is 24.1 Å². The Bertz CT molecular complexity index is 1190. The quantitative estimate of drug-likeness (QED) is 0.361. The Hall–Kier alpha value is -3.83. The first-order chi connectivity index (χ1) is 16.8. The minimum atomic E-state index is -1.04. The third kappa shape index (κ3) is 5.81. The van der Waals surface area contributed by atoms with Gasteiger partial charge in [-0.15, -0.1) is 0 Å². The van der Waals surface area contributed by atoms with Crippen LogP contribution in [0, 0.1) is 0 Å². The second kappa shape index (κ2) is 11.5. The zero-order chi connectivity index (χ0) is 25.5. The van der Waals surface area contributed by atoms with Crippen LogP contribution in [0.3, 0.4) is 0 Å². The van der Waals surface area contributed by atoms with E-state index >= 15 is 0 Å². The highest BCUT2D eigenvalue weighted by Gasteiger charge is 2.19. The second-order valence-corrected chi connectivity index (χ2v) is 8.19. The van der Waals surface area contributed by atoms with Gasteiger partial charge in [0.2, 0.25) is 11.7 Å². The summed E-state index contributed by atoms with van der Waals surface area (Å²) in [6.07, 6.45) is 1.74. The smallest absolute Gasteiger partial charge is 0.320 e. The van der Waals surface area contributed by atoms with Gasteiger partial charge >= 0.3 is 5.97 Å². The fraction of sp³-hybridized carbons (Fsp3) is 0.292. The second-order valence-electron chi connectivity index (χ2n) is 7.39. The lowest BCUT2D eigenvalue weighted by Crippen LogP contribution is -2.39. The van der Waals surface area contributed by atoms with Gasteiger partial charge in [-0.3, -0.25) is 14.9 Å². The highest BCUT2D eigenvalue weighted by molar-refractivity contribution is 7.10. The van der Waals surface area contributed by atoms with Gasteiger partial charge in [-0.1, -0.05) is 6.07 Å². The molecule has 0 saturated heterocycles. The third-order valence-electron chi connectivity index (χ3n) is 5.22. The molecule has 186 valence electrons. The molecule has 0 bridgehead atoms. The number of nitrogens with one attached hydrogen (secondary N) is 2. The number of hydrogen-bond donors (Lipinski definition) is 3. The van der Waals surface area contributed by atoms with Crippen molar-refractivity contribution in [1.82, 2.24) is 9.69 Å². The minimum Gasteiger partial charge on any atom is -0.495 e. The van der Waals surface area contributed by atoms with E-state index in [9.17, 15) is 9.59 Å². The Balaban J connectivity index is 1.95. The van der Waals surface area contributed by atoms with Crippen LogP contribution in [0.25, 0.3) is 21.6 Å². The zero-order valence-electron chi connectivity index (χ0n) is 20.0. The van der Waals surface area contributed by atoms with Gasteiger partial charge in [0.05, 0.1) is 45.5 Å². The predicted octanol–water partition coefficient (Wildman–Crippen LogP) is 3.51.